The van der Waals surface area contributed by atoms with E-state index in [9.17, 15) is 4.79 Å². The fourth-order valence-electron chi connectivity index (χ4n) is 2.44. The fourth-order valence-corrected chi connectivity index (χ4v) is 3.28. The third-order valence-corrected chi connectivity index (χ3v) is 4.87. The second-order valence-electron chi connectivity index (χ2n) is 5.77. The summed E-state index contributed by atoms with van der Waals surface area (Å²) < 4.78 is 7.18. The van der Waals surface area contributed by atoms with E-state index in [0.717, 1.165) is 11.3 Å². The van der Waals surface area contributed by atoms with Gasteiger partial charge in [0, 0.05) is 5.69 Å². The second kappa shape index (κ2) is 8.05. The van der Waals surface area contributed by atoms with Gasteiger partial charge in [-0.05, 0) is 43.7 Å². The van der Waals surface area contributed by atoms with Crippen LogP contribution in [0.2, 0.25) is 0 Å². The van der Waals surface area contributed by atoms with E-state index in [1.165, 1.54) is 11.8 Å². The van der Waals surface area contributed by atoms with Crippen molar-refractivity contribution >= 4 is 23.4 Å². The van der Waals surface area contributed by atoms with Crippen LogP contribution >= 0.6 is 11.8 Å². The molecule has 0 saturated heterocycles. The summed E-state index contributed by atoms with van der Waals surface area (Å²) in [7, 11) is 1.58. The highest BCUT2D eigenvalue weighted by molar-refractivity contribution is 8.00. The van der Waals surface area contributed by atoms with Crippen LogP contribution in [0.5, 0.6) is 5.75 Å². The molecular weight excluding hydrogens is 348 g/mol. The number of rotatable bonds is 6. The molecular formula is C19H20N4O2S. The van der Waals surface area contributed by atoms with Gasteiger partial charge < -0.3 is 10.1 Å². The summed E-state index contributed by atoms with van der Waals surface area (Å²) in [6.45, 7) is 3.81. The van der Waals surface area contributed by atoms with Crippen molar-refractivity contribution in [1.82, 2.24) is 14.8 Å². The summed E-state index contributed by atoms with van der Waals surface area (Å²) >= 11 is 1.35. The van der Waals surface area contributed by atoms with Gasteiger partial charge in [-0.3, -0.25) is 9.36 Å². The van der Waals surface area contributed by atoms with Gasteiger partial charge in [0.25, 0.3) is 0 Å². The maximum Gasteiger partial charge on any atom is 0.237 e. The summed E-state index contributed by atoms with van der Waals surface area (Å²) in [5, 5.41) is 11.4. The molecule has 1 atom stereocenters. The van der Waals surface area contributed by atoms with Crippen molar-refractivity contribution in [2.75, 3.05) is 12.4 Å². The number of aryl methyl sites for hydroxylation is 1. The predicted octanol–water partition coefficient (Wildman–Crippen LogP) is 3.70. The van der Waals surface area contributed by atoms with Crippen molar-refractivity contribution in [3.05, 3.63) is 60.4 Å². The number of nitrogens with one attached hydrogen (secondary N) is 1. The molecule has 0 aliphatic carbocycles. The van der Waals surface area contributed by atoms with Crippen molar-refractivity contribution in [2.24, 2.45) is 0 Å². The minimum atomic E-state index is -0.355. The first kappa shape index (κ1) is 18.0. The zero-order chi connectivity index (χ0) is 18.5. The van der Waals surface area contributed by atoms with Gasteiger partial charge in [0.15, 0.2) is 5.16 Å². The number of thioether (sulfide) groups is 1. The first-order chi connectivity index (χ1) is 12.6. The molecule has 1 N–H and O–H groups in total. The molecule has 0 aliphatic heterocycles. The molecule has 1 unspecified atom stereocenters. The van der Waals surface area contributed by atoms with Crippen molar-refractivity contribution in [2.45, 2.75) is 24.3 Å². The molecule has 0 bridgehead atoms. The van der Waals surface area contributed by atoms with Gasteiger partial charge in [0.05, 0.1) is 18.0 Å². The van der Waals surface area contributed by atoms with Crippen molar-refractivity contribution < 1.29 is 9.53 Å². The lowest BCUT2D eigenvalue weighted by molar-refractivity contribution is -0.115. The number of ether oxygens (including phenoxy) is 1. The molecule has 3 aromatic rings. The standard InChI is InChI=1S/C19H20N4O2S/c1-13-9-10-17(25-3)16(11-13)21-18(24)14(2)26-19-22-20-12-23(19)15-7-5-4-6-8-15/h4-12,14H,1-3H3,(H,21,24). The van der Waals surface area contributed by atoms with Crippen LogP contribution in [0, 0.1) is 6.92 Å². The highest BCUT2D eigenvalue weighted by Gasteiger charge is 2.19. The van der Waals surface area contributed by atoms with E-state index in [1.807, 2.05) is 66.9 Å². The molecule has 0 aliphatic rings. The van der Waals surface area contributed by atoms with E-state index in [2.05, 4.69) is 15.5 Å². The largest absolute Gasteiger partial charge is 0.495 e. The first-order valence-corrected chi connectivity index (χ1v) is 9.04. The number of amides is 1. The van der Waals surface area contributed by atoms with Gasteiger partial charge in [-0.1, -0.05) is 36.0 Å². The number of hydrogen-bond donors (Lipinski definition) is 1. The molecule has 1 aromatic heterocycles. The SMILES string of the molecule is COc1ccc(C)cc1NC(=O)C(C)Sc1nncn1-c1ccccc1. The zero-order valence-corrected chi connectivity index (χ0v) is 15.7. The molecule has 1 amide bonds. The van der Waals surface area contributed by atoms with Crippen LogP contribution in [0.15, 0.2) is 60.0 Å². The third-order valence-electron chi connectivity index (χ3n) is 3.82. The van der Waals surface area contributed by atoms with Gasteiger partial charge in [0.1, 0.15) is 12.1 Å². The lowest BCUT2D eigenvalue weighted by Crippen LogP contribution is -2.23. The molecule has 0 saturated carbocycles. The van der Waals surface area contributed by atoms with Crippen LogP contribution in [-0.2, 0) is 4.79 Å². The van der Waals surface area contributed by atoms with Crippen LogP contribution < -0.4 is 10.1 Å². The lowest BCUT2D eigenvalue weighted by atomic mass is 10.2. The smallest absolute Gasteiger partial charge is 0.237 e. The van der Waals surface area contributed by atoms with E-state index in [4.69, 9.17) is 4.74 Å². The van der Waals surface area contributed by atoms with Crippen LogP contribution in [0.25, 0.3) is 5.69 Å². The molecule has 7 heteroatoms. The lowest BCUT2D eigenvalue weighted by Gasteiger charge is -2.15. The normalized spacial score (nSPS) is 11.8. The number of anilines is 1. The fraction of sp³-hybridized carbons (Fsp3) is 0.211. The summed E-state index contributed by atoms with van der Waals surface area (Å²) in [5.41, 5.74) is 2.66. The van der Waals surface area contributed by atoms with E-state index < -0.39 is 0 Å². The average molecular weight is 368 g/mol. The molecule has 26 heavy (non-hydrogen) atoms. The molecule has 0 fully saturated rings. The number of methoxy groups -OCH3 is 1. The maximum atomic E-state index is 12.6. The Morgan fingerprint density at radius 2 is 2.00 bits per heavy atom. The summed E-state index contributed by atoms with van der Waals surface area (Å²) in [6.07, 6.45) is 1.64. The Hall–Kier alpha value is -2.80. The highest BCUT2D eigenvalue weighted by Crippen LogP contribution is 2.28. The Bertz CT molecular complexity index is 896. The Morgan fingerprint density at radius 1 is 1.23 bits per heavy atom. The Kier molecular flexibility index (Phi) is 5.58. The summed E-state index contributed by atoms with van der Waals surface area (Å²) in [4.78, 5) is 12.6. The second-order valence-corrected chi connectivity index (χ2v) is 7.08. The van der Waals surface area contributed by atoms with E-state index in [-0.39, 0.29) is 11.2 Å². The van der Waals surface area contributed by atoms with Crippen LogP contribution in [0.4, 0.5) is 5.69 Å². The van der Waals surface area contributed by atoms with E-state index in [0.29, 0.717) is 16.6 Å². The number of benzene rings is 2. The molecule has 1 heterocycles. The quantitative estimate of drug-likeness (QED) is 0.672. The monoisotopic (exact) mass is 368 g/mol. The maximum absolute atomic E-state index is 12.6. The Labute approximate surface area is 156 Å². The van der Waals surface area contributed by atoms with Gasteiger partial charge >= 0.3 is 0 Å². The number of aromatic nitrogens is 3. The van der Waals surface area contributed by atoms with Crippen LogP contribution in [0.1, 0.15) is 12.5 Å². The van der Waals surface area contributed by atoms with Crippen LogP contribution in [-0.4, -0.2) is 33.0 Å². The number of nitrogens with zero attached hydrogens (tertiary/aromatic N) is 3. The van der Waals surface area contributed by atoms with Gasteiger partial charge in [0.2, 0.25) is 5.91 Å². The molecule has 2 aromatic carbocycles. The summed E-state index contributed by atoms with van der Waals surface area (Å²) in [5.74, 6) is 0.509. The highest BCUT2D eigenvalue weighted by atomic mass is 32.2. The Morgan fingerprint density at radius 3 is 2.73 bits per heavy atom. The number of hydrogen-bond acceptors (Lipinski definition) is 5. The molecule has 0 radical (unpaired) electrons. The number of carbonyl (C=O) groups is 1. The molecule has 3 rings (SSSR count). The Balaban J connectivity index is 1.73. The minimum absolute atomic E-state index is 0.124. The van der Waals surface area contributed by atoms with Gasteiger partial charge in [-0.2, -0.15) is 0 Å². The van der Waals surface area contributed by atoms with Crippen molar-refractivity contribution in [1.29, 1.82) is 0 Å². The van der Waals surface area contributed by atoms with Crippen molar-refractivity contribution in [3.8, 4) is 11.4 Å². The summed E-state index contributed by atoms with van der Waals surface area (Å²) in [6, 6.07) is 15.5. The predicted molar refractivity (Wildman–Crippen MR) is 103 cm³/mol. The average Bonchev–Trinajstić information content (AvgIpc) is 3.10. The zero-order valence-electron chi connectivity index (χ0n) is 14.8. The van der Waals surface area contributed by atoms with Crippen molar-refractivity contribution in [3.63, 3.8) is 0 Å². The van der Waals surface area contributed by atoms with Gasteiger partial charge in [-0.25, -0.2) is 0 Å². The third kappa shape index (κ3) is 4.05. The topological polar surface area (TPSA) is 69.0 Å². The van der Waals surface area contributed by atoms with Crippen LogP contribution in [0.3, 0.4) is 0 Å². The van der Waals surface area contributed by atoms with E-state index >= 15 is 0 Å². The number of para-hydroxylation sites is 1. The van der Waals surface area contributed by atoms with E-state index in [1.54, 1.807) is 13.4 Å². The molecule has 6 nitrogen and oxygen atoms in total. The molecule has 134 valence electrons. The molecule has 0 spiro atoms. The first-order valence-electron chi connectivity index (χ1n) is 8.16. The van der Waals surface area contributed by atoms with Gasteiger partial charge in [-0.15, -0.1) is 10.2 Å². The minimum Gasteiger partial charge on any atom is -0.495 e. The number of carbonyl (C=O) groups excluding carboxylic acids is 1.